The van der Waals surface area contributed by atoms with E-state index in [0.29, 0.717) is 6.42 Å². The Morgan fingerprint density at radius 2 is 2.10 bits per heavy atom. The van der Waals surface area contributed by atoms with Gasteiger partial charge in [0.05, 0.1) is 23.2 Å². The molecule has 1 aliphatic rings. The highest BCUT2D eigenvalue weighted by Crippen LogP contribution is 2.31. The summed E-state index contributed by atoms with van der Waals surface area (Å²) in [5, 5.41) is 7.89. The zero-order valence-electron chi connectivity index (χ0n) is 13.0. The fourth-order valence-electron chi connectivity index (χ4n) is 2.68. The summed E-state index contributed by atoms with van der Waals surface area (Å²) in [6.07, 6.45) is 2.49. The van der Waals surface area contributed by atoms with Gasteiger partial charge in [-0.15, -0.1) is 0 Å². The van der Waals surface area contributed by atoms with Crippen LogP contribution in [0.15, 0.2) is 6.20 Å². The van der Waals surface area contributed by atoms with Crippen molar-refractivity contribution in [3.63, 3.8) is 0 Å². The molecule has 0 radical (unpaired) electrons. The first-order valence-electron chi connectivity index (χ1n) is 7.02. The molecule has 6 heteroatoms. The van der Waals surface area contributed by atoms with Gasteiger partial charge in [0.25, 0.3) is 0 Å². The Labute approximate surface area is 121 Å². The lowest BCUT2D eigenvalue weighted by atomic mass is 10.0. The predicted molar refractivity (Wildman–Crippen MR) is 80.5 cm³/mol. The lowest BCUT2D eigenvalue weighted by Crippen LogP contribution is -2.36. The van der Waals surface area contributed by atoms with E-state index in [-0.39, 0.29) is 17.0 Å². The molecule has 1 aromatic heterocycles. The van der Waals surface area contributed by atoms with E-state index in [1.54, 1.807) is 0 Å². The zero-order chi connectivity index (χ0) is 15.2. The van der Waals surface area contributed by atoms with Crippen molar-refractivity contribution in [1.82, 2.24) is 15.1 Å². The standard InChI is InChI=1S/C14H25N3O2S/c1-11-12(8-15-13(2,3)4)9-16-17(11)14(5)6-7-20(18,19)10-14/h9,15H,6-8,10H2,1-5H3. The second-order valence-corrected chi connectivity index (χ2v) is 9.29. The Bertz CT molecular complexity index is 598. The molecule has 20 heavy (non-hydrogen) atoms. The number of rotatable bonds is 3. The second-order valence-electron chi connectivity index (χ2n) is 7.11. The third-order valence-electron chi connectivity index (χ3n) is 3.91. The van der Waals surface area contributed by atoms with E-state index in [0.717, 1.165) is 17.8 Å². The van der Waals surface area contributed by atoms with E-state index < -0.39 is 15.4 Å². The summed E-state index contributed by atoms with van der Waals surface area (Å²) in [6, 6.07) is 0. The minimum atomic E-state index is -2.92. The quantitative estimate of drug-likeness (QED) is 0.921. The Morgan fingerprint density at radius 1 is 1.45 bits per heavy atom. The topological polar surface area (TPSA) is 64.0 Å². The molecule has 0 aliphatic carbocycles. The summed E-state index contributed by atoms with van der Waals surface area (Å²) >= 11 is 0. The van der Waals surface area contributed by atoms with E-state index >= 15 is 0 Å². The average Bonchev–Trinajstić information content (AvgIpc) is 2.77. The van der Waals surface area contributed by atoms with Crippen LogP contribution in [0, 0.1) is 6.92 Å². The molecule has 2 rings (SSSR count). The molecule has 1 N–H and O–H groups in total. The van der Waals surface area contributed by atoms with Crippen LogP contribution in [0.3, 0.4) is 0 Å². The van der Waals surface area contributed by atoms with E-state index in [2.05, 4.69) is 31.2 Å². The summed E-state index contributed by atoms with van der Waals surface area (Å²) in [5.74, 6) is 0.451. The third-order valence-corrected chi connectivity index (χ3v) is 5.80. The minimum Gasteiger partial charge on any atom is -0.308 e. The SMILES string of the molecule is Cc1c(CNC(C)(C)C)cnn1C1(C)CCS(=O)(=O)C1. The summed E-state index contributed by atoms with van der Waals surface area (Å²) in [5.41, 5.74) is 1.84. The van der Waals surface area contributed by atoms with Crippen molar-refractivity contribution in [3.8, 4) is 0 Å². The first-order chi connectivity index (χ1) is 9.03. The van der Waals surface area contributed by atoms with Crippen LogP contribution < -0.4 is 5.32 Å². The second kappa shape index (κ2) is 4.84. The van der Waals surface area contributed by atoms with E-state index in [1.807, 2.05) is 24.7 Å². The van der Waals surface area contributed by atoms with Crippen molar-refractivity contribution in [2.75, 3.05) is 11.5 Å². The smallest absolute Gasteiger partial charge is 0.152 e. The highest BCUT2D eigenvalue weighted by molar-refractivity contribution is 7.91. The number of hydrogen-bond acceptors (Lipinski definition) is 4. The van der Waals surface area contributed by atoms with Gasteiger partial charge < -0.3 is 5.32 Å². The highest BCUT2D eigenvalue weighted by atomic mass is 32.2. The molecule has 0 aromatic carbocycles. The summed E-state index contributed by atoms with van der Waals surface area (Å²) < 4.78 is 25.4. The molecule has 5 nitrogen and oxygen atoms in total. The molecule has 0 amide bonds. The summed E-state index contributed by atoms with van der Waals surface area (Å²) in [6.45, 7) is 11.1. The Morgan fingerprint density at radius 3 is 2.60 bits per heavy atom. The molecule has 1 saturated heterocycles. The number of sulfone groups is 1. The first kappa shape index (κ1) is 15.5. The summed E-state index contributed by atoms with van der Waals surface area (Å²) in [4.78, 5) is 0. The number of nitrogens with zero attached hydrogens (tertiary/aromatic N) is 2. The minimum absolute atomic E-state index is 0.0507. The molecule has 0 bridgehead atoms. The monoisotopic (exact) mass is 299 g/mol. The van der Waals surface area contributed by atoms with Gasteiger partial charge in [-0.2, -0.15) is 5.10 Å². The zero-order valence-corrected chi connectivity index (χ0v) is 13.8. The number of nitrogens with one attached hydrogen (secondary N) is 1. The largest absolute Gasteiger partial charge is 0.308 e. The van der Waals surface area contributed by atoms with Gasteiger partial charge in [0, 0.05) is 23.3 Å². The number of aromatic nitrogens is 2. The van der Waals surface area contributed by atoms with E-state index in [9.17, 15) is 8.42 Å². The highest BCUT2D eigenvalue weighted by Gasteiger charge is 2.41. The van der Waals surface area contributed by atoms with Crippen LogP contribution in [-0.2, 0) is 21.9 Å². The van der Waals surface area contributed by atoms with Crippen molar-refractivity contribution in [2.24, 2.45) is 0 Å². The average molecular weight is 299 g/mol. The van der Waals surface area contributed by atoms with Crippen molar-refractivity contribution < 1.29 is 8.42 Å². The van der Waals surface area contributed by atoms with E-state index in [4.69, 9.17) is 0 Å². The lowest BCUT2D eigenvalue weighted by Gasteiger charge is -2.25. The van der Waals surface area contributed by atoms with Gasteiger partial charge in [-0.25, -0.2) is 8.42 Å². The van der Waals surface area contributed by atoms with Crippen LogP contribution in [0.4, 0.5) is 0 Å². The van der Waals surface area contributed by atoms with Crippen molar-refractivity contribution >= 4 is 9.84 Å². The number of hydrogen-bond donors (Lipinski definition) is 1. The van der Waals surface area contributed by atoms with Crippen LogP contribution in [0.1, 0.15) is 45.4 Å². The molecule has 1 fully saturated rings. The van der Waals surface area contributed by atoms with Crippen LogP contribution in [0.5, 0.6) is 0 Å². The van der Waals surface area contributed by atoms with Crippen LogP contribution >= 0.6 is 0 Å². The molecule has 0 saturated carbocycles. The van der Waals surface area contributed by atoms with Crippen molar-refractivity contribution in [1.29, 1.82) is 0 Å². The van der Waals surface area contributed by atoms with Gasteiger partial charge in [0.15, 0.2) is 9.84 Å². The van der Waals surface area contributed by atoms with Gasteiger partial charge in [-0.05, 0) is 41.0 Å². The van der Waals surface area contributed by atoms with Crippen LogP contribution in [0.2, 0.25) is 0 Å². The van der Waals surface area contributed by atoms with Crippen molar-refractivity contribution in [3.05, 3.63) is 17.5 Å². The fourth-order valence-corrected chi connectivity index (χ4v) is 4.79. The first-order valence-corrected chi connectivity index (χ1v) is 8.84. The molecular weight excluding hydrogens is 274 g/mol. The maximum Gasteiger partial charge on any atom is 0.152 e. The predicted octanol–water partition coefficient (Wildman–Crippen LogP) is 1.61. The summed E-state index contributed by atoms with van der Waals surface area (Å²) in [7, 11) is -2.92. The van der Waals surface area contributed by atoms with Gasteiger partial charge in [-0.3, -0.25) is 4.68 Å². The van der Waals surface area contributed by atoms with Crippen molar-refractivity contribution in [2.45, 2.75) is 58.7 Å². The molecule has 1 unspecified atom stereocenters. The van der Waals surface area contributed by atoms with Crippen LogP contribution in [0.25, 0.3) is 0 Å². The maximum absolute atomic E-state index is 11.7. The maximum atomic E-state index is 11.7. The van der Waals surface area contributed by atoms with Gasteiger partial charge >= 0.3 is 0 Å². The molecule has 1 atom stereocenters. The third kappa shape index (κ3) is 3.23. The molecule has 2 heterocycles. The molecule has 114 valence electrons. The Balaban J connectivity index is 2.21. The Kier molecular flexibility index (Phi) is 3.75. The van der Waals surface area contributed by atoms with Gasteiger partial charge in [0.1, 0.15) is 0 Å². The fraction of sp³-hybridized carbons (Fsp3) is 0.786. The van der Waals surface area contributed by atoms with Crippen LogP contribution in [-0.4, -0.2) is 35.2 Å². The molecule has 1 aromatic rings. The van der Waals surface area contributed by atoms with E-state index in [1.165, 1.54) is 0 Å². The molecular formula is C14H25N3O2S. The van der Waals surface area contributed by atoms with Gasteiger partial charge in [0.2, 0.25) is 0 Å². The molecule has 0 spiro atoms. The van der Waals surface area contributed by atoms with Gasteiger partial charge in [-0.1, -0.05) is 0 Å². The lowest BCUT2D eigenvalue weighted by molar-refractivity contribution is 0.321. The Hall–Kier alpha value is -0.880. The molecule has 1 aliphatic heterocycles. The normalized spacial score (nSPS) is 26.1.